The van der Waals surface area contributed by atoms with E-state index < -0.39 is 0 Å². The van der Waals surface area contributed by atoms with E-state index in [4.69, 9.17) is 42.2 Å². The SMILES string of the molecule is Clc1cncc(Cl)c1-c1noc(C2CC2)c1COC12CCC(c3ccc4cccc(OC5CCC5)c4n3)(CC1)CC2. The van der Waals surface area contributed by atoms with Crippen LogP contribution in [0.3, 0.4) is 0 Å². The van der Waals surface area contributed by atoms with Gasteiger partial charge in [-0.3, -0.25) is 4.98 Å². The second kappa shape index (κ2) is 9.96. The van der Waals surface area contributed by atoms with E-state index in [1.165, 1.54) is 12.1 Å². The summed E-state index contributed by atoms with van der Waals surface area (Å²) < 4.78 is 19.1. The van der Waals surface area contributed by atoms with Gasteiger partial charge in [-0.25, -0.2) is 4.98 Å². The number of rotatable bonds is 8. The van der Waals surface area contributed by atoms with E-state index in [1.807, 2.05) is 0 Å². The molecule has 0 unspecified atom stereocenters. The minimum Gasteiger partial charge on any atom is -0.488 e. The molecular weight excluding hydrogens is 557 g/mol. The Morgan fingerprint density at radius 2 is 1.66 bits per heavy atom. The minimum atomic E-state index is -0.141. The van der Waals surface area contributed by atoms with Crippen LogP contribution < -0.4 is 4.74 Å². The number of para-hydroxylation sites is 1. The second-order valence-corrected chi connectivity index (χ2v) is 13.4. The average Bonchev–Trinajstić information content (AvgIpc) is 3.74. The molecule has 0 spiro atoms. The van der Waals surface area contributed by atoms with Crippen molar-refractivity contribution in [1.82, 2.24) is 15.1 Å². The summed E-state index contributed by atoms with van der Waals surface area (Å²) in [4.78, 5) is 9.38. The number of ether oxygens (including phenoxy) is 2. The summed E-state index contributed by atoms with van der Waals surface area (Å²) in [6.45, 7) is 0.447. The van der Waals surface area contributed by atoms with Gasteiger partial charge in [0.05, 0.1) is 28.4 Å². The summed E-state index contributed by atoms with van der Waals surface area (Å²) in [6.07, 6.45) is 15.6. The predicted octanol–water partition coefficient (Wildman–Crippen LogP) is 8.96. The topological polar surface area (TPSA) is 70.3 Å². The molecule has 0 aliphatic heterocycles. The van der Waals surface area contributed by atoms with E-state index >= 15 is 0 Å². The minimum absolute atomic E-state index is 0.0997. The van der Waals surface area contributed by atoms with Crippen molar-refractivity contribution in [1.29, 1.82) is 0 Å². The van der Waals surface area contributed by atoms with Crippen LogP contribution >= 0.6 is 23.2 Å². The number of halogens is 2. The van der Waals surface area contributed by atoms with Gasteiger partial charge in [0.1, 0.15) is 22.7 Å². The molecule has 4 aromatic rings. The number of benzene rings is 1. The van der Waals surface area contributed by atoms with E-state index in [2.05, 4.69) is 40.5 Å². The summed E-state index contributed by atoms with van der Waals surface area (Å²) >= 11 is 13.0. The van der Waals surface area contributed by atoms with Crippen LogP contribution in [0.25, 0.3) is 22.2 Å². The summed E-state index contributed by atoms with van der Waals surface area (Å²) in [5, 5.41) is 6.52. The zero-order chi connectivity index (χ0) is 27.6. The van der Waals surface area contributed by atoms with Gasteiger partial charge < -0.3 is 14.0 Å². The highest BCUT2D eigenvalue weighted by atomic mass is 35.5. The van der Waals surface area contributed by atoms with Crippen LogP contribution in [0.1, 0.15) is 93.6 Å². The molecule has 9 rings (SSSR count). The van der Waals surface area contributed by atoms with E-state index in [0.717, 1.165) is 92.2 Å². The molecule has 5 saturated carbocycles. The largest absolute Gasteiger partial charge is 0.488 e. The lowest BCUT2D eigenvalue weighted by Gasteiger charge is -2.53. The molecule has 5 aliphatic carbocycles. The molecule has 0 saturated heterocycles. The highest BCUT2D eigenvalue weighted by Crippen LogP contribution is 2.55. The lowest BCUT2D eigenvalue weighted by Crippen LogP contribution is -2.50. The molecule has 6 nitrogen and oxygen atoms in total. The zero-order valence-corrected chi connectivity index (χ0v) is 24.5. The van der Waals surface area contributed by atoms with Crippen LogP contribution in [-0.4, -0.2) is 26.8 Å². The van der Waals surface area contributed by atoms with Crippen molar-refractivity contribution in [2.75, 3.05) is 0 Å². The highest BCUT2D eigenvalue weighted by molar-refractivity contribution is 6.38. The Morgan fingerprint density at radius 3 is 2.34 bits per heavy atom. The number of aromatic nitrogens is 3. The molecule has 1 aromatic carbocycles. The van der Waals surface area contributed by atoms with E-state index in [0.29, 0.717) is 39.9 Å². The fourth-order valence-corrected chi connectivity index (χ4v) is 7.66. The van der Waals surface area contributed by atoms with Crippen molar-refractivity contribution in [2.24, 2.45) is 0 Å². The van der Waals surface area contributed by atoms with Gasteiger partial charge in [-0.05, 0) is 82.8 Å². The highest BCUT2D eigenvalue weighted by Gasteiger charge is 2.51. The first-order valence-corrected chi connectivity index (χ1v) is 15.8. The van der Waals surface area contributed by atoms with Gasteiger partial charge in [0.2, 0.25) is 0 Å². The fourth-order valence-electron chi connectivity index (χ4n) is 7.12. The van der Waals surface area contributed by atoms with E-state index in [-0.39, 0.29) is 11.0 Å². The van der Waals surface area contributed by atoms with Crippen molar-refractivity contribution in [3.8, 4) is 17.0 Å². The summed E-state index contributed by atoms with van der Waals surface area (Å²) in [5.74, 6) is 2.25. The smallest absolute Gasteiger partial charge is 0.145 e. The maximum atomic E-state index is 6.85. The van der Waals surface area contributed by atoms with Crippen LogP contribution in [0, 0.1) is 0 Å². The van der Waals surface area contributed by atoms with Crippen LogP contribution in [-0.2, 0) is 16.8 Å². The third-order valence-corrected chi connectivity index (χ3v) is 10.7. The standard InChI is InChI=1S/C33H33Cl2N3O3/c34-24-17-36-18-25(35)28(24)30-23(31(41-38-30)21-7-8-21)19-39-33-14-11-32(12-15-33,13-16-33)27-10-9-20-3-1-6-26(29(20)37-27)40-22-4-2-5-22/h1,3,6,9-10,17-18,21-22H,2,4-5,7-8,11-16,19H2. The normalized spacial score (nSPS) is 25.9. The summed E-state index contributed by atoms with van der Waals surface area (Å²) in [5.41, 5.74) is 4.51. The van der Waals surface area contributed by atoms with Gasteiger partial charge >= 0.3 is 0 Å². The second-order valence-electron chi connectivity index (χ2n) is 12.6. The Hall–Kier alpha value is -2.67. The first-order valence-electron chi connectivity index (χ1n) is 15.0. The van der Waals surface area contributed by atoms with Gasteiger partial charge in [0.15, 0.2) is 0 Å². The molecule has 3 aromatic heterocycles. The number of fused-ring (bicyclic) bond motifs is 4. The molecule has 5 fully saturated rings. The van der Waals surface area contributed by atoms with Gasteiger partial charge in [0.25, 0.3) is 0 Å². The van der Waals surface area contributed by atoms with Crippen molar-refractivity contribution >= 4 is 34.1 Å². The Labute approximate surface area is 249 Å². The van der Waals surface area contributed by atoms with Crippen LogP contribution in [0.2, 0.25) is 10.0 Å². The molecule has 2 bridgehead atoms. The number of hydrogen-bond donors (Lipinski definition) is 0. The van der Waals surface area contributed by atoms with Crippen molar-refractivity contribution < 1.29 is 14.0 Å². The van der Waals surface area contributed by atoms with Crippen molar-refractivity contribution in [3.63, 3.8) is 0 Å². The van der Waals surface area contributed by atoms with E-state index in [1.54, 1.807) is 12.4 Å². The van der Waals surface area contributed by atoms with Gasteiger partial charge in [-0.15, -0.1) is 0 Å². The molecule has 3 heterocycles. The monoisotopic (exact) mass is 589 g/mol. The predicted molar refractivity (Wildman–Crippen MR) is 159 cm³/mol. The molecule has 5 aliphatic rings. The third kappa shape index (κ3) is 4.54. The first kappa shape index (κ1) is 26.0. The molecule has 8 heteroatoms. The maximum Gasteiger partial charge on any atom is 0.145 e. The van der Waals surface area contributed by atoms with Gasteiger partial charge in [-0.2, -0.15) is 0 Å². The Balaban J connectivity index is 1.03. The molecule has 0 N–H and O–H groups in total. The third-order valence-electron chi connectivity index (χ3n) is 10.1. The molecular formula is C33H33Cl2N3O3. The van der Waals surface area contributed by atoms with Crippen molar-refractivity contribution in [2.45, 2.75) is 100 Å². The lowest BCUT2D eigenvalue weighted by atomic mass is 9.57. The van der Waals surface area contributed by atoms with Crippen LogP contribution in [0.15, 0.2) is 47.2 Å². The van der Waals surface area contributed by atoms with Crippen LogP contribution in [0.4, 0.5) is 0 Å². The fraction of sp³-hybridized carbons (Fsp3) is 0.485. The van der Waals surface area contributed by atoms with Gasteiger partial charge in [0, 0.05) is 45.9 Å². The van der Waals surface area contributed by atoms with E-state index in [9.17, 15) is 0 Å². The van der Waals surface area contributed by atoms with Gasteiger partial charge in [-0.1, -0.05) is 46.6 Å². The first-order chi connectivity index (χ1) is 20.0. The van der Waals surface area contributed by atoms with Crippen molar-refractivity contribution in [3.05, 3.63) is 69.8 Å². The molecule has 0 radical (unpaired) electrons. The maximum absolute atomic E-state index is 6.85. The summed E-state index contributed by atoms with van der Waals surface area (Å²) in [6, 6.07) is 10.8. The molecule has 41 heavy (non-hydrogen) atoms. The Kier molecular flexibility index (Phi) is 6.32. The Bertz CT molecular complexity index is 1580. The zero-order valence-electron chi connectivity index (χ0n) is 23.0. The lowest BCUT2D eigenvalue weighted by molar-refractivity contribution is -0.127. The van der Waals surface area contributed by atoms with Crippen LogP contribution in [0.5, 0.6) is 5.75 Å². The number of pyridine rings is 2. The molecule has 212 valence electrons. The number of hydrogen-bond acceptors (Lipinski definition) is 6. The number of nitrogens with zero attached hydrogens (tertiary/aromatic N) is 3. The average molecular weight is 591 g/mol. The molecule has 0 atom stereocenters. The Morgan fingerprint density at radius 1 is 0.902 bits per heavy atom. The molecule has 0 amide bonds. The quantitative estimate of drug-likeness (QED) is 0.204. The summed E-state index contributed by atoms with van der Waals surface area (Å²) in [7, 11) is 0.